The van der Waals surface area contributed by atoms with Crippen molar-refractivity contribution in [3.63, 3.8) is 0 Å². The van der Waals surface area contributed by atoms with E-state index in [2.05, 4.69) is 45.6 Å². The van der Waals surface area contributed by atoms with Gasteiger partial charge in [-0.05, 0) is 52.5 Å². The first kappa shape index (κ1) is 33.1. The Hall–Kier alpha value is -2.77. The lowest BCUT2D eigenvalue weighted by atomic mass is 9.97. The molecule has 2 fully saturated rings. The van der Waals surface area contributed by atoms with Crippen LogP contribution in [0.15, 0.2) is 24.5 Å². The van der Waals surface area contributed by atoms with Gasteiger partial charge in [0.05, 0.1) is 28.0 Å². The zero-order valence-electron chi connectivity index (χ0n) is 27.9. The lowest BCUT2D eigenvalue weighted by molar-refractivity contribution is 0.0492. The lowest BCUT2D eigenvalue weighted by Crippen LogP contribution is -2.51. The van der Waals surface area contributed by atoms with Crippen LogP contribution in [0, 0.1) is 0 Å². The number of nitrogens with zero attached hydrogens (tertiary/aromatic N) is 5. The summed E-state index contributed by atoms with van der Waals surface area (Å²) in [7, 11) is 0.432. The van der Waals surface area contributed by atoms with Crippen LogP contribution in [0.3, 0.4) is 0 Å². The number of piperidine rings is 1. The molecule has 1 N–H and O–H groups in total. The summed E-state index contributed by atoms with van der Waals surface area (Å²) in [6, 6.07) is 5.72. The van der Waals surface area contributed by atoms with E-state index in [1.54, 1.807) is 18.4 Å². The van der Waals surface area contributed by atoms with Crippen LogP contribution in [0.5, 0.6) is 0 Å². The fraction of sp³-hybridized carbons (Fsp3) is 0.576. The van der Waals surface area contributed by atoms with Gasteiger partial charge >= 0.3 is 6.09 Å². The molecule has 10 nitrogen and oxygen atoms in total. The van der Waals surface area contributed by atoms with E-state index in [1.165, 1.54) is 0 Å². The second kappa shape index (κ2) is 13.0. The van der Waals surface area contributed by atoms with Gasteiger partial charge in [-0.3, -0.25) is 0 Å². The van der Waals surface area contributed by atoms with Crippen LogP contribution in [0.4, 0.5) is 10.6 Å². The molecule has 4 aromatic rings. The molecule has 2 aliphatic rings. The van der Waals surface area contributed by atoms with Crippen LogP contribution >= 0.6 is 22.9 Å². The van der Waals surface area contributed by atoms with E-state index >= 15 is 0 Å². The summed E-state index contributed by atoms with van der Waals surface area (Å²) in [6.45, 7) is 14.3. The lowest BCUT2D eigenvalue weighted by Gasteiger charge is -2.39. The molecular weight excluding hydrogens is 640 g/mol. The molecule has 0 spiro atoms. The van der Waals surface area contributed by atoms with Gasteiger partial charge < -0.3 is 29.0 Å². The van der Waals surface area contributed by atoms with E-state index in [0.29, 0.717) is 25.0 Å². The number of hydrogen-bond acceptors (Lipinski definition) is 9. The smallest absolute Gasteiger partial charge is 0.407 e. The molecule has 2 saturated heterocycles. The number of rotatable bonds is 10. The van der Waals surface area contributed by atoms with E-state index in [0.717, 1.165) is 75.1 Å². The Morgan fingerprint density at radius 2 is 1.87 bits per heavy atom. The molecule has 0 radical (unpaired) electrons. The number of anilines is 1. The molecule has 2 bridgehead atoms. The van der Waals surface area contributed by atoms with Gasteiger partial charge in [-0.1, -0.05) is 17.7 Å². The van der Waals surface area contributed by atoms with Crippen LogP contribution in [-0.2, 0) is 27.5 Å². The first-order valence-electron chi connectivity index (χ1n) is 16.1. The molecule has 1 amide bonds. The third-order valence-corrected chi connectivity index (χ3v) is 11.9. The molecular formula is C33H45ClN6O4SSi-. The SMILES string of the molecule is COCc1nc2ccc(-c3cn(COCC[Si-](C)(C)C)c4nc(N5[C@@H]6CC[C@H]5CC(NC(=O)OC(C)(C)C)C6)cnc34)c(Cl)c2s1. The third-order valence-electron chi connectivity index (χ3n) is 8.60. The molecule has 46 heavy (non-hydrogen) atoms. The highest BCUT2D eigenvalue weighted by Crippen LogP contribution is 2.42. The number of carbonyl (C=O) groups is 1. The van der Waals surface area contributed by atoms with Gasteiger partial charge in [0.15, 0.2) is 5.65 Å². The van der Waals surface area contributed by atoms with E-state index in [4.69, 9.17) is 35.8 Å². The molecule has 1 aromatic carbocycles. The Kier molecular flexibility index (Phi) is 9.38. The summed E-state index contributed by atoms with van der Waals surface area (Å²) in [4.78, 5) is 29.9. The number of alkyl carbamates (subject to hydrolysis) is 1. The standard InChI is InChI=1S/C33H45ClN6O4SSi/c1-33(2,3)44-32(41)36-20-14-21-8-9-22(15-20)40(21)26-16-35-29-24(17-39(31(29)38-26)19-43-12-13-46(5,6)7)23-10-11-25-30(28(23)34)45-27(37-25)18-42-4/h10-11,16-17,20-22H,8-9,12-15,18-19H2,1-7H3,(H,36,41)/q-1/t20?,21-,22+. The Balaban J connectivity index is 1.31. The topological polar surface area (TPSA) is 104 Å². The average molecular weight is 685 g/mol. The summed E-state index contributed by atoms with van der Waals surface area (Å²) in [5, 5.41) is 4.65. The number of carbonyl (C=O) groups excluding carboxylic acids is 1. The monoisotopic (exact) mass is 684 g/mol. The predicted molar refractivity (Wildman–Crippen MR) is 188 cm³/mol. The minimum atomic E-state index is -1.24. The Morgan fingerprint density at radius 3 is 2.54 bits per heavy atom. The van der Waals surface area contributed by atoms with Gasteiger partial charge in [-0.15, -0.1) is 25.5 Å². The predicted octanol–water partition coefficient (Wildman–Crippen LogP) is 7.84. The van der Waals surface area contributed by atoms with Crippen molar-refractivity contribution >= 4 is 64.3 Å². The van der Waals surface area contributed by atoms with Crippen molar-refractivity contribution < 1.29 is 19.0 Å². The highest BCUT2D eigenvalue weighted by molar-refractivity contribution is 7.19. The zero-order valence-corrected chi connectivity index (χ0v) is 30.4. The maximum Gasteiger partial charge on any atom is 0.407 e. The van der Waals surface area contributed by atoms with E-state index < -0.39 is 13.7 Å². The average Bonchev–Trinajstić information content (AvgIpc) is 3.62. The molecule has 1 unspecified atom stereocenters. The van der Waals surface area contributed by atoms with Crippen molar-refractivity contribution in [2.24, 2.45) is 0 Å². The Bertz CT molecular complexity index is 1720. The van der Waals surface area contributed by atoms with Crippen molar-refractivity contribution in [1.29, 1.82) is 0 Å². The first-order chi connectivity index (χ1) is 21.8. The molecule has 0 saturated carbocycles. The van der Waals surface area contributed by atoms with Gasteiger partial charge in [0.1, 0.15) is 28.7 Å². The summed E-state index contributed by atoms with van der Waals surface area (Å²) in [5.41, 5.74) is 3.70. The fourth-order valence-corrected chi connectivity index (χ4v) is 8.65. The summed E-state index contributed by atoms with van der Waals surface area (Å²) in [6.07, 6.45) is 7.41. The minimum absolute atomic E-state index is 0.0729. The zero-order chi connectivity index (χ0) is 32.8. The van der Waals surface area contributed by atoms with E-state index in [-0.39, 0.29) is 24.2 Å². The maximum atomic E-state index is 12.5. The third kappa shape index (κ3) is 7.20. The molecule has 2 aliphatic heterocycles. The molecule has 13 heteroatoms. The van der Waals surface area contributed by atoms with Gasteiger partial charge in [-0.25, -0.2) is 19.7 Å². The Labute approximate surface area is 280 Å². The molecule has 3 aromatic heterocycles. The number of hydrogen-bond donors (Lipinski definition) is 1. The molecule has 5 heterocycles. The van der Waals surface area contributed by atoms with Crippen LogP contribution in [0.1, 0.15) is 51.5 Å². The number of nitrogens with one attached hydrogen (secondary N) is 1. The quantitative estimate of drug-likeness (QED) is 0.133. The summed E-state index contributed by atoms with van der Waals surface area (Å²) < 4.78 is 20.0. The van der Waals surface area contributed by atoms with Crippen molar-refractivity contribution in [2.45, 2.75) is 109 Å². The number of fused-ring (bicyclic) bond motifs is 4. The molecule has 6 rings (SSSR count). The number of thiazole rings is 1. The number of benzene rings is 1. The van der Waals surface area contributed by atoms with Crippen molar-refractivity contribution in [3.05, 3.63) is 34.6 Å². The first-order valence-corrected chi connectivity index (χ1v) is 21.0. The summed E-state index contributed by atoms with van der Waals surface area (Å²) >= 11 is 8.61. The van der Waals surface area contributed by atoms with Crippen LogP contribution < -0.4 is 10.2 Å². The van der Waals surface area contributed by atoms with Crippen molar-refractivity contribution in [1.82, 2.24) is 24.8 Å². The number of ether oxygens (including phenoxy) is 3. The van der Waals surface area contributed by atoms with Gasteiger partial charge in [0.2, 0.25) is 0 Å². The number of methoxy groups -OCH3 is 1. The van der Waals surface area contributed by atoms with E-state index in [9.17, 15) is 4.79 Å². The fourth-order valence-electron chi connectivity index (χ4n) is 6.54. The largest absolute Gasteiger partial charge is 0.444 e. The van der Waals surface area contributed by atoms with Gasteiger partial charge in [0, 0.05) is 49.2 Å². The minimum Gasteiger partial charge on any atom is -0.444 e. The van der Waals surface area contributed by atoms with Crippen LogP contribution in [0.2, 0.25) is 30.7 Å². The second-order valence-electron chi connectivity index (χ2n) is 14.7. The molecule has 3 atom stereocenters. The van der Waals surface area contributed by atoms with Gasteiger partial charge in [-0.2, -0.15) is 19.6 Å². The normalized spacial score (nSPS) is 20.2. The molecule has 0 aliphatic carbocycles. The highest BCUT2D eigenvalue weighted by Gasteiger charge is 2.42. The van der Waals surface area contributed by atoms with Gasteiger partial charge in [0.25, 0.3) is 0 Å². The van der Waals surface area contributed by atoms with Crippen molar-refractivity contribution in [2.75, 3.05) is 18.6 Å². The number of aromatic nitrogens is 4. The molecule has 249 valence electrons. The highest BCUT2D eigenvalue weighted by atomic mass is 35.5. The van der Waals surface area contributed by atoms with E-state index in [1.807, 2.05) is 39.1 Å². The summed E-state index contributed by atoms with van der Waals surface area (Å²) in [5.74, 6) is 0.858. The number of halogens is 1. The maximum absolute atomic E-state index is 12.5. The van der Waals surface area contributed by atoms with Crippen LogP contribution in [-0.4, -0.2) is 71.1 Å². The van der Waals surface area contributed by atoms with Crippen molar-refractivity contribution in [3.8, 4) is 11.1 Å². The Morgan fingerprint density at radius 1 is 1.13 bits per heavy atom. The van der Waals surface area contributed by atoms with Crippen LogP contribution in [0.25, 0.3) is 32.5 Å². The second-order valence-corrected chi connectivity index (χ2v) is 21.8. The number of amides is 1.